The zero-order chi connectivity index (χ0) is 9.02. The Hall–Kier alpha value is 0.574. The van der Waals surface area contributed by atoms with Crippen molar-refractivity contribution in [3.05, 3.63) is 0 Å². The maximum atomic E-state index is 11.0. The molecule has 2 nitrogen and oxygen atoms in total. The third-order valence-electron chi connectivity index (χ3n) is 1.64. The predicted octanol–water partition coefficient (Wildman–Crippen LogP) is 1.83. The van der Waals surface area contributed by atoms with Gasteiger partial charge in [-0.3, -0.25) is 9.59 Å². The Balaban J connectivity index is 0. The molecule has 0 heterocycles. The van der Waals surface area contributed by atoms with Crippen LogP contribution in [-0.2, 0) is 9.59 Å². The SMILES string of the molecule is CC(C)C(=O)CC(=O)C(C)C.[Tm]. The Morgan fingerprint density at radius 3 is 1.33 bits per heavy atom. The first-order valence-electron chi connectivity index (χ1n) is 4.00. The van der Waals surface area contributed by atoms with Gasteiger partial charge in [0.2, 0.25) is 0 Å². The molecule has 12 heavy (non-hydrogen) atoms. The summed E-state index contributed by atoms with van der Waals surface area (Å²) in [5.74, 6) is 0.0581. The predicted molar refractivity (Wildman–Crippen MR) is 44.3 cm³/mol. The Labute approximate surface area is 103 Å². The van der Waals surface area contributed by atoms with Gasteiger partial charge in [0.1, 0.15) is 11.6 Å². The molecule has 0 aliphatic rings. The normalized spacial score (nSPS) is 9.83. The van der Waals surface area contributed by atoms with Crippen LogP contribution in [0.5, 0.6) is 0 Å². The molecule has 77 valence electrons. The van der Waals surface area contributed by atoms with Crippen molar-refractivity contribution in [1.29, 1.82) is 0 Å². The van der Waals surface area contributed by atoms with Gasteiger partial charge in [-0.05, 0) is 0 Å². The molecule has 0 saturated heterocycles. The van der Waals surface area contributed by atoms with E-state index in [1.807, 2.05) is 27.7 Å². The van der Waals surface area contributed by atoms with Crippen LogP contribution in [0.15, 0.2) is 0 Å². The largest absolute Gasteiger partial charge is 0.299 e. The van der Waals surface area contributed by atoms with Crippen molar-refractivity contribution in [3.8, 4) is 0 Å². The van der Waals surface area contributed by atoms with Gasteiger partial charge in [0.25, 0.3) is 0 Å². The third kappa shape index (κ3) is 6.13. The van der Waals surface area contributed by atoms with Crippen molar-refractivity contribution in [2.24, 2.45) is 11.8 Å². The summed E-state index contributed by atoms with van der Waals surface area (Å²) in [6.07, 6.45) is 0.106. The second kappa shape index (κ2) is 7.02. The van der Waals surface area contributed by atoms with Gasteiger partial charge >= 0.3 is 0 Å². The van der Waals surface area contributed by atoms with Crippen molar-refractivity contribution >= 4 is 11.6 Å². The average Bonchev–Trinajstić information content (AvgIpc) is 1.87. The first-order valence-corrected chi connectivity index (χ1v) is 4.00. The smallest absolute Gasteiger partial charge is 0.142 e. The molecule has 1 radical (unpaired) electrons. The fourth-order valence-electron chi connectivity index (χ4n) is 0.580. The Kier molecular flexibility index (Phi) is 8.82. The van der Waals surface area contributed by atoms with E-state index in [2.05, 4.69) is 0 Å². The van der Waals surface area contributed by atoms with Crippen molar-refractivity contribution in [3.63, 3.8) is 0 Å². The average molecular weight is 325 g/mol. The summed E-state index contributed by atoms with van der Waals surface area (Å²) < 4.78 is 0. The number of rotatable bonds is 4. The second-order valence-electron chi connectivity index (χ2n) is 3.42. The molecule has 0 aromatic rings. The molecule has 0 N–H and O–H groups in total. The van der Waals surface area contributed by atoms with E-state index < -0.39 is 0 Å². The van der Waals surface area contributed by atoms with Crippen LogP contribution in [0.4, 0.5) is 0 Å². The second-order valence-corrected chi connectivity index (χ2v) is 3.42. The molecule has 0 spiro atoms. The van der Waals surface area contributed by atoms with Crippen molar-refractivity contribution in [2.75, 3.05) is 0 Å². The first kappa shape index (κ1) is 15.1. The minimum absolute atomic E-state index is 0. The van der Waals surface area contributed by atoms with E-state index in [0.29, 0.717) is 0 Å². The van der Waals surface area contributed by atoms with Crippen LogP contribution in [0.3, 0.4) is 0 Å². The van der Waals surface area contributed by atoms with Crippen LogP contribution in [0.25, 0.3) is 0 Å². The molecule has 0 fully saturated rings. The van der Waals surface area contributed by atoms with Crippen molar-refractivity contribution in [2.45, 2.75) is 34.1 Å². The molecule has 0 rings (SSSR count). The quantitative estimate of drug-likeness (QED) is 0.739. The Bertz CT molecular complexity index is 144. The van der Waals surface area contributed by atoms with Crippen LogP contribution in [0.1, 0.15) is 34.1 Å². The van der Waals surface area contributed by atoms with E-state index in [4.69, 9.17) is 0 Å². The Morgan fingerprint density at radius 1 is 0.917 bits per heavy atom. The number of hydrogen-bond acceptors (Lipinski definition) is 2. The summed E-state index contributed by atoms with van der Waals surface area (Å²) in [5, 5.41) is 0. The monoisotopic (exact) mass is 325 g/mol. The van der Waals surface area contributed by atoms with Crippen LogP contribution >= 0.6 is 0 Å². The molecule has 0 unspecified atom stereocenters. The maximum absolute atomic E-state index is 11.0. The van der Waals surface area contributed by atoms with Gasteiger partial charge < -0.3 is 0 Å². The number of Topliss-reactive ketones (excluding diaryl/α,β-unsaturated/α-hetero) is 2. The van der Waals surface area contributed by atoms with Crippen LogP contribution < -0.4 is 0 Å². The molecule has 0 saturated carbocycles. The fourth-order valence-corrected chi connectivity index (χ4v) is 0.580. The first-order chi connectivity index (χ1) is 4.95. The minimum atomic E-state index is -0.0160. The molecule has 0 bridgehead atoms. The van der Waals surface area contributed by atoms with E-state index in [1.165, 1.54) is 0 Å². The summed E-state index contributed by atoms with van der Waals surface area (Å²) >= 11 is 0. The van der Waals surface area contributed by atoms with Gasteiger partial charge in [0.05, 0.1) is 6.42 Å². The zero-order valence-electron chi connectivity index (χ0n) is 7.96. The minimum Gasteiger partial charge on any atom is -0.299 e. The summed E-state index contributed by atoms with van der Waals surface area (Å²) in [5.41, 5.74) is 0. The van der Waals surface area contributed by atoms with E-state index in [9.17, 15) is 9.59 Å². The van der Waals surface area contributed by atoms with E-state index >= 15 is 0 Å². The molecule has 0 aromatic carbocycles. The summed E-state index contributed by atoms with van der Waals surface area (Å²) in [6, 6.07) is 0. The van der Waals surface area contributed by atoms with Crippen LogP contribution in [0, 0.1) is 48.7 Å². The van der Waals surface area contributed by atoms with E-state index in [-0.39, 0.29) is 66.7 Å². The van der Waals surface area contributed by atoms with Crippen LogP contribution in [-0.4, -0.2) is 11.6 Å². The molecule has 0 amide bonds. The van der Waals surface area contributed by atoms with Gasteiger partial charge in [-0.1, -0.05) is 27.7 Å². The number of ketones is 2. The standard InChI is InChI=1S/C9H16O2.Tm/c1-6(2)8(10)5-9(11)7(3)4;/h6-7H,5H2,1-4H3;. The topological polar surface area (TPSA) is 34.1 Å². The maximum Gasteiger partial charge on any atom is 0.142 e. The van der Waals surface area contributed by atoms with Gasteiger partial charge in [0.15, 0.2) is 0 Å². The molecular formula is C9H16O2Tm. The fraction of sp³-hybridized carbons (Fsp3) is 0.778. The number of carbonyl (C=O) groups is 2. The van der Waals surface area contributed by atoms with Crippen molar-refractivity contribution < 1.29 is 46.5 Å². The van der Waals surface area contributed by atoms with Crippen LogP contribution in [0.2, 0.25) is 0 Å². The third-order valence-corrected chi connectivity index (χ3v) is 1.64. The van der Waals surface area contributed by atoms with Gasteiger partial charge in [-0.15, -0.1) is 0 Å². The van der Waals surface area contributed by atoms with E-state index in [1.54, 1.807) is 0 Å². The van der Waals surface area contributed by atoms with Gasteiger partial charge in [0, 0.05) is 48.7 Å². The summed E-state index contributed by atoms with van der Waals surface area (Å²) in [4.78, 5) is 22.1. The molecule has 3 heteroatoms. The summed E-state index contributed by atoms with van der Waals surface area (Å²) in [7, 11) is 0. The molecule has 0 aliphatic carbocycles. The van der Waals surface area contributed by atoms with Crippen molar-refractivity contribution in [1.82, 2.24) is 0 Å². The zero-order valence-corrected chi connectivity index (χ0v) is 9.74. The number of hydrogen-bond donors (Lipinski definition) is 0. The van der Waals surface area contributed by atoms with E-state index in [0.717, 1.165) is 0 Å². The number of carbonyl (C=O) groups excluding carboxylic acids is 2. The van der Waals surface area contributed by atoms with Gasteiger partial charge in [-0.2, -0.15) is 0 Å². The molecular weight excluding hydrogens is 309 g/mol. The molecule has 0 aliphatic heterocycles. The Morgan fingerprint density at radius 2 is 1.17 bits per heavy atom. The van der Waals surface area contributed by atoms with Gasteiger partial charge in [-0.25, -0.2) is 0 Å². The molecule has 0 atom stereocenters. The molecule has 0 aromatic heterocycles. The summed E-state index contributed by atoms with van der Waals surface area (Å²) in [6.45, 7) is 7.26.